The van der Waals surface area contributed by atoms with Gasteiger partial charge >= 0.3 is 0 Å². The van der Waals surface area contributed by atoms with Gasteiger partial charge < -0.3 is 14.2 Å². The Morgan fingerprint density at radius 3 is 2.86 bits per heavy atom. The van der Waals surface area contributed by atoms with Gasteiger partial charge in [-0.25, -0.2) is 0 Å². The standard InChI is InChI=1S/C17H20N2O3/c1-13-12-21-16(14-5-3-2-4-6-14)11-19(13)17(20)8-7-15-9-10-22-18-15/h2-6,9-10,13,16H,7-8,11-12H2,1H3. The normalized spacial score (nSPS) is 21.8. The number of benzene rings is 1. The van der Waals surface area contributed by atoms with Crippen LogP contribution in [0, 0.1) is 0 Å². The predicted octanol–water partition coefficient (Wildman–Crippen LogP) is 2.60. The number of nitrogens with zero attached hydrogens (tertiary/aromatic N) is 2. The lowest BCUT2D eigenvalue weighted by molar-refractivity contribution is -0.144. The number of rotatable bonds is 4. The Morgan fingerprint density at radius 2 is 2.14 bits per heavy atom. The highest BCUT2D eigenvalue weighted by molar-refractivity contribution is 5.77. The Labute approximate surface area is 129 Å². The van der Waals surface area contributed by atoms with E-state index in [2.05, 4.69) is 5.16 Å². The Bertz CT molecular complexity index is 598. The van der Waals surface area contributed by atoms with E-state index in [1.807, 2.05) is 42.2 Å². The van der Waals surface area contributed by atoms with Crippen LogP contribution in [-0.2, 0) is 16.0 Å². The summed E-state index contributed by atoms with van der Waals surface area (Å²) in [6, 6.07) is 11.9. The van der Waals surface area contributed by atoms with E-state index in [0.717, 1.165) is 11.3 Å². The number of aryl methyl sites for hydroxylation is 1. The van der Waals surface area contributed by atoms with Gasteiger partial charge in [0.25, 0.3) is 0 Å². The van der Waals surface area contributed by atoms with E-state index in [4.69, 9.17) is 9.26 Å². The first-order chi connectivity index (χ1) is 10.7. The summed E-state index contributed by atoms with van der Waals surface area (Å²) in [4.78, 5) is 14.4. The summed E-state index contributed by atoms with van der Waals surface area (Å²) in [6.45, 7) is 3.19. The van der Waals surface area contributed by atoms with Gasteiger partial charge in [-0.15, -0.1) is 0 Å². The van der Waals surface area contributed by atoms with Crippen LogP contribution in [0.1, 0.15) is 30.7 Å². The number of morpholine rings is 1. The zero-order chi connectivity index (χ0) is 15.4. The van der Waals surface area contributed by atoms with Crippen molar-refractivity contribution in [2.75, 3.05) is 13.2 Å². The van der Waals surface area contributed by atoms with Gasteiger partial charge in [-0.1, -0.05) is 35.5 Å². The number of carbonyl (C=O) groups excluding carboxylic acids is 1. The monoisotopic (exact) mass is 300 g/mol. The molecule has 1 fully saturated rings. The van der Waals surface area contributed by atoms with E-state index in [0.29, 0.717) is 26.0 Å². The minimum Gasteiger partial charge on any atom is -0.370 e. The molecule has 0 aliphatic carbocycles. The molecule has 2 unspecified atom stereocenters. The van der Waals surface area contributed by atoms with Crippen LogP contribution in [-0.4, -0.2) is 35.2 Å². The maximum absolute atomic E-state index is 12.5. The summed E-state index contributed by atoms with van der Waals surface area (Å²) in [5.41, 5.74) is 1.93. The minimum absolute atomic E-state index is 0.0478. The molecule has 1 aromatic carbocycles. The highest BCUT2D eigenvalue weighted by Crippen LogP contribution is 2.25. The van der Waals surface area contributed by atoms with Crippen molar-refractivity contribution in [1.29, 1.82) is 0 Å². The molecule has 5 heteroatoms. The summed E-state index contributed by atoms with van der Waals surface area (Å²) < 4.78 is 10.7. The zero-order valence-electron chi connectivity index (χ0n) is 12.6. The quantitative estimate of drug-likeness (QED) is 0.871. The number of ether oxygens (including phenoxy) is 1. The second-order valence-electron chi connectivity index (χ2n) is 5.62. The molecule has 2 aromatic rings. The molecule has 1 aliphatic rings. The van der Waals surface area contributed by atoms with Crippen LogP contribution < -0.4 is 0 Å². The molecule has 3 rings (SSSR count). The van der Waals surface area contributed by atoms with Crippen molar-refractivity contribution in [3.63, 3.8) is 0 Å². The molecule has 5 nitrogen and oxygen atoms in total. The Balaban J connectivity index is 1.62. The van der Waals surface area contributed by atoms with Gasteiger partial charge in [0.1, 0.15) is 12.4 Å². The molecule has 2 heterocycles. The summed E-state index contributed by atoms with van der Waals surface area (Å²) in [5, 5.41) is 3.84. The number of aromatic nitrogens is 1. The number of carbonyl (C=O) groups is 1. The maximum Gasteiger partial charge on any atom is 0.223 e. The van der Waals surface area contributed by atoms with Gasteiger partial charge in [0, 0.05) is 18.9 Å². The molecule has 2 atom stereocenters. The van der Waals surface area contributed by atoms with Crippen LogP contribution in [0.5, 0.6) is 0 Å². The first-order valence-corrected chi connectivity index (χ1v) is 7.59. The van der Waals surface area contributed by atoms with Crippen molar-refractivity contribution in [1.82, 2.24) is 10.1 Å². The Hall–Kier alpha value is -2.14. The van der Waals surface area contributed by atoms with Gasteiger partial charge in [0.15, 0.2) is 0 Å². The van der Waals surface area contributed by atoms with Crippen LogP contribution in [0.25, 0.3) is 0 Å². The molecule has 0 N–H and O–H groups in total. The van der Waals surface area contributed by atoms with E-state index in [9.17, 15) is 4.79 Å². The lowest BCUT2D eigenvalue weighted by Crippen LogP contribution is -2.48. The molecule has 116 valence electrons. The zero-order valence-corrected chi connectivity index (χ0v) is 12.6. The molecular formula is C17H20N2O3. The molecule has 1 aromatic heterocycles. The smallest absolute Gasteiger partial charge is 0.223 e. The van der Waals surface area contributed by atoms with Gasteiger partial charge in [0.2, 0.25) is 5.91 Å². The van der Waals surface area contributed by atoms with Crippen molar-refractivity contribution < 1.29 is 14.1 Å². The second-order valence-corrected chi connectivity index (χ2v) is 5.62. The molecule has 1 saturated heterocycles. The average Bonchev–Trinajstić information content (AvgIpc) is 3.07. The summed E-state index contributed by atoms with van der Waals surface area (Å²) >= 11 is 0. The van der Waals surface area contributed by atoms with Gasteiger partial charge in [-0.05, 0) is 12.5 Å². The summed E-state index contributed by atoms with van der Waals surface area (Å²) in [7, 11) is 0. The van der Waals surface area contributed by atoms with Crippen molar-refractivity contribution in [3.05, 3.63) is 53.9 Å². The lowest BCUT2D eigenvalue weighted by Gasteiger charge is -2.38. The third-order valence-corrected chi connectivity index (χ3v) is 4.01. The van der Waals surface area contributed by atoms with Crippen LogP contribution in [0.2, 0.25) is 0 Å². The van der Waals surface area contributed by atoms with Crippen molar-refractivity contribution >= 4 is 5.91 Å². The SMILES string of the molecule is CC1COC(c2ccccc2)CN1C(=O)CCc1ccon1. The number of amides is 1. The largest absolute Gasteiger partial charge is 0.370 e. The number of hydrogen-bond acceptors (Lipinski definition) is 4. The molecule has 0 saturated carbocycles. The van der Waals surface area contributed by atoms with Gasteiger partial charge in [-0.3, -0.25) is 4.79 Å². The first-order valence-electron chi connectivity index (χ1n) is 7.59. The predicted molar refractivity (Wildman–Crippen MR) is 81.1 cm³/mol. The Morgan fingerprint density at radius 1 is 1.32 bits per heavy atom. The highest BCUT2D eigenvalue weighted by atomic mass is 16.5. The first kappa shape index (κ1) is 14.8. The van der Waals surface area contributed by atoms with E-state index < -0.39 is 0 Å². The van der Waals surface area contributed by atoms with Crippen molar-refractivity contribution in [2.45, 2.75) is 31.9 Å². The highest BCUT2D eigenvalue weighted by Gasteiger charge is 2.30. The minimum atomic E-state index is -0.0478. The fourth-order valence-corrected chi connectivity index (χ4v) is 2.72. The third kappa shape index (κ3) is 3.36. The van der Waals surface area contributed by atoms with E-state index in [1.54, 1.807) is 6.07 Å². The topological polar surface area (TPSA) is 55.6 Å². The molecule has 0 radical (unpaired) electrons. The third-order valence-electron chi connectivity index (χ3n) is 4.01. The fraction of sp³-hybridized carbons (Fsp3) is 0.412. The summed E-state index contributed by atoms with van der Waals surface area (Å²) in [5.74, 6) is 0.139. The van der Waals surface area contributed by atoms with Crippen LogP contribution in [0.3, 0.4) is 0 Å². The summed E-state index contributed by atoms with van der Waals surface area (Å²) in [6.07, 6.45) is 2.53. The second kappa shape index (κ2) is 6.75. The molecular weight excluding hydrogens is 280 g/mol. The van der Waals surface area contributed by atoms with Crippen LogP contribution in [0.4, 0.5) is 0 Å². The van der Waals surface area contributed by atoms with E-state index >= 15 is 0 Å². The fourth-order valence-electron chi connectivity index (χ4n) is 2.72. The molecule has 0 bridgehead atoms. The molecule has 0 spiro atoms. The lowest BCUT2D eigenvalue weighted by atomic mass is 10.1. The molecule has 1 aliphatic heterocycles. The van der Waals surface area contributed by atoms with Crippen LogP contribution >= 0.6 is 0 Å². The maximum atomic E-state index is 12.5. The average molecular weight is 300 g/mol. The van der Waals surface area contributed by atoms with Gasteiger partial charge in [0.05, 0.1) is 24.9 Å². The van der Waals surface area contributed by atoms with Gasteiger partial charge in [-0.2, -0.15) is 0 Å². The van der Waals surface area contributed by atoms with E-state index in [-0.39, 0.29) is 18.1 Å². The molecule has 22 heavy (non-hydrogen) atoms. The number of hydrogen-bond donors (Lipinski definition) is 0. The van der Waals surface area contributed by atoms with Crippen molar-refractivity contribution in [3.8, 4) is 0 Å². The van der Waals surface area contributed by atoms with Crippen LogP contribution in [0.15, 0.2) is 47.2 Å². The molecule has 1 amide bonds. The van der Waals surface area contributed by atoms with E-state index in [1.165, 1.54) is 6.26 Å². The van der Waals surface area contributed by atoms with Crippen molar-refractivity contribution in [2.24, 2.45) is 0 Å². The Kier molecular flexibility index (Phi) is 4.53.